The third-order valence-corrected chi connectivity index (χ3v) is 7.59. The number of benzene rings is 2. The van der Waals surface area contributed by atoms with Crippen LogP contribution in [0.5, 0.6) is 0 Å². The zero-order chi connectivity index (χ0) is 30.6. The molecule has 0 saturated carbocycles. The number of amidine groups is 1. The largest absolute Gasteiger partial charge is 0.383 e. The number of anilines is 2. The van der Waals surface area contributed by atoms with Crippen LogP contribution in [0.1, 0.15) is 68.8 Å². The van der Waals surface area contributed by atoms with Crippen molar-refractivity contribution >= 4 is 34.1 Å². The van der Waals surface area contributed by atoms with E-state index in [2.05, 4.69) is 69.6 Å². The summed E-state index contributed by atoms with van der Waals surface area (Å²) in [5.41, 5.74) is 12.9. The number of nitrogens with zero attached hydrogens (tertiary/aromatic N) is 5. The van der Waals surface area contributed by atoms with Gasteiger partial charge in [-0.3, -0.25) is 0 Å². The molecule has 224 valence electrons. The second kappa shape index (κ2) is 15.5. The number of hydrogen-bond acceptors (Lipinski definition) is 5. The molecule has 0 atom stereocenters. The lowest BCUT2D eigenvalue weighted by Crippen LogP contribution is -2.22. The molecule has 43 heavy (non-hydrogen) atoms. The fourth-order valence-electron chi connectivity index (χ4n) is 5.03. The molecule has 4 rings (SSSR count). The standard InChI is InChI=1S/C36H45N7/c1-6-8-10-11-12-15-27(3)40-36(37)29-17-20-31(21-18-29)39-26-35-41-32-25-30(19-22-33(32)42(35)5)28(4)43(24-9-7-2)34-16-13-14-23-38-34/h7,13-14,16-23,25,39H,2-4,6,8-12,15,24,26H2,1,5H3,(H2,37,40). The van der Waals surface area contributed by atoms with E-state index in [1.807, 2.05) is 55.6 Å². The summed E-state index contributed by atoms with van der Waals surface area (Å²) >= 11 is 0. The van der Waals surface area contributed by atoms with Crippen molar-refractivity contribution in [3.8, 4) is 0 Å². The molecule has 2 aromatic heterocycles. The van der Waals surface area contributed by atoms with Gasteiger partial charge < -0.3 is 20.5 Å². The molecule has 0 aliphatic rings. The van der Waals surface area contributed by atoms with Crippen LogP contribution in [-0.4, -0.2) is 26.9 Å². The van der Waals surface area contributed by atoms with E-state index in [1.54, 1.807) is 6.20 Å². The van der Waals surface area contributed by atoms with E-state index in [0.717, 1.165) is 76.7 Å². The van der Waals surface area contributed by atoms with Crippen LogP contribution in [0.15, 0.2) is 103 Å². The van der Waals surface area contributed by atoms with Gasteiger partial charge in [0.2, 0.25) is 0 Å². The molecule has 0 fully saturated rings. The van der Waals surface area contributed by atoms with Gasteiger partial charge in [0.15, 0.2) is 0 Å². The van der Waals surface area contributed by atoms with Gasteiger partial charge in [0, 0.05) is 42.4 Å². The van der Waals surface area contributed by atoms with Crippen LogP contribution < -0.4 is 16.0 Å². The predicted molar refractivity (Wildman–Crippen MR) is 183 cm³/mol. The number of aliphatic imine (C=N–C) groups is 1. The Bertz CT molecular complexity index is 1550. The van der Waals surface area contributed by atoms with E-state index in [-0.39, 0.29) is 0 Å². The van der Waals surface area contributed by atoms with Gasteiger partial charge in [-0.15, -0.1) is 6.58 Å². The molecular formula is C36H45N7. The Morgan fingerprint density at radius 2 is 1.79 bits per heavy atom. The summed E-state index contributed by atoms with van der Waals surface area (Å²) in [5, 5.41) is 3.49. The number of hydrogen-bond donors (Lipinski definition) is 2. The van der Waals surface area contributed by atoms with Gasteiger partial charge in [-0.25, -0.2) is 15.0 Å². The van der Waals surface area contributed by atoms with E-state index in [1.165, 1.54) is 25.7 Å². The molecule has 0 amide bonds. The van der Waals surface area contributed by atoms with Crippen LogP contribution in [0.4, 0.5) is 11.5 Å². The molecule has 0 aliphatic carbocycles. The lowest BCUT2D eigenvalue weighted by atomic mass is 10.1. The van der Waals surface area contributed by atoms with Crippen LogP contribution >= 0.6 is 0 Å². The summed E-state index contributed by atoms with van der Waals surface area (Å²) < 4.78 is 2.12. The first-order valence-corrected chi connectivity index (χ1v) is 15.2. The maximum absolute atomic E-state index is 6.27. The Morgan fingerprint density at radius 1 is 1.02 bits per heavy atom. The molecule has 0 spiro atoms. The lowest BCUT2D eigenvalue weighted by Gasteiger charge is -2.25. The third-order valence-electron chi connectivity index (χ3n) is 7.59. The molecular weight excluding hydrogens is 530 g/mol. The van der Waals surface area contributed by atoms with Gasteiger partial charge in [0.25, 0.3) is 0 Å². The quantitative estimate of drug-likeness (QED) is 0.0574. The lowest BCUT2D eigenvalue weighted by molar-refractivity contribution is 0.630. The maximum atomic E-state index is 6.27. The van der Waals surface area contributed by atoms with Gasteiger partial charge in [0.05, 0.1) is 17.6 Å². The number of allylic oxidation sites excluding steroid dienone is 1. The summed E-state index contributed by atoms with van der Waals surface area (Å²) in [6.07, 6.45) is 11.5. The molecule has 2 heterocycles. The van der Waals surface area contributed by atoms with Gasteiger partial charge in [0.1, 0.15) is 17.5 Å². The first-order valence-electron chi connectivity index (χ1n) is 15.2. The number of unbranched alkanes of at least 4 members (excludes halogenated alkanes) is 4. The number of fused-ring (bicyclic) bond motifs is 1. The normalized spacial score (nSPS) is 11.4. The number of nitrogens with two attached hydrogens (primary N) is 1. The van der Waals surface area contributed by atoms with Crippen LogP contribution in [-0.2, 0) is 13.6 Å². The minimum absolute atomic E-state index is 0.504. The van der Waals surface area contributed by atoms with E-state index in [0.29, 0.717) is 12.4 Å². The van der Waals surface area contributed by atoms with Crippen molar-refractivity contribution in [3.63, 3.8) is 0 Å². The number of pyridine rings is 1. The number of aromatic nitrogens is 3. The minimum atomic E-state index is 0.504. The Hall–Kier alpha value is -4.65. The molecule has 0 aliphatic heterocycles. The van der Waals surface area contributed by atoms with Crippen molar-refractivity contribution in [1.82, 2.24) is 14.5 Å². The maximum Gasteiger partial charge on any atom is 0.132 e. The van der Waals surface area contributed by atoms with Gasteiger partial charge in [-0.1, -0.05) is 64.0 Å². The second-order valence-electron chi connectivity index (χ2n) is 10.8. The van der Waals surface area contributed by atoms with Crippen molar-refractivity contribution in [2.24, 2.45) is 17.8 Å². The van der Waals surface area contributed by atoms with Crippen molar-refractivity contribution in [1.29, 1.82) is 0 Å². The Kier molecular flexibility index (Phi) is 11.3. The SMILES string of the molecule is C=CCCN(C(=C)c1ccc2c(c1)nc(CNc1ccc(C(N)=NC(=C)CCCCCCC)cc1)n2C)c1ccccn1. The van der Waals surface area contributed by atoms with Gasteiger partial charge in [-0.05, 0) is 73.4 Å². The summed E-state index contributed by atoms with van der Waals surface area (Å²) in [6.45, 7) is 15.9. The summed E-state index contributed by atoms with van der Waals surface area (Å²) in [4.78, 5) is 16.1. The Balaban J connectivity index is 1.40. The molecule has 2 aromatic carbocycles. The van der Waals surface area contributed by atoms with Crippen LogP contribution in [0, 0.1) is 0 Å². The zero-order valence-corrected chi connectivity index (χ0v) is 25.7. The molecule has 7 heteroatoms. The van der Waals surface area contributed by atoms with E-state index in [4.69, 9.17) is 10.7 Å². The Morgan fingerprint density at radius 3 is 2.51 bits per heavy atom. The van der Waals surface area contributed by atoms with Crippen LogP contribution in [0.2, 0.25) is 0 Å². The average molecular weight is 576 g/mol. The predicted octanol–water partition coefficient (Wildman–Crippen LogP) is 8.21. The van der Waals surface area contributed by atoms with Crippen molar-refractivity contribution in [3.05, 3.63) is 115 Å². The minimum Gasteiger partial charge on any atom is -0.383 e. The zero-order valence-electron chi connectivity index (χ0n) is 25.7. The van der Waals surface area contributed by atoms with E-state index >= 15 is 0 Å². The fourth-order valence-corrected chi connectivity index (χ4v) is 5.03. The van der Waals surface area contributed by atoms with Gasteiger partial charge >= 0.3 is 0 Å². The molecule has 0 saturated heterocycles. The Labute approximate surface area is 256 Å². The highest BCUT2D eigenvalue weighted by molar-refractivity contribution is 5.98. The molecule has 3 N–H and O–H groups in total. The monoisotopic (exact) mass is 575 g/mol. The topological polar surface area (TPSA) is 84.4 Å². The van der Waals surface area contributed by atoms with Crippen molar-refractivity contribution < 1.29 is 0 Å². The fraction of sp³-hybridized carbons (Fsp3) is 0.306. The first-order chi connectivity index (χ1) is 20.9. The second-order valence-corrected chi connectivity index (χ2v) is 10.8. The average Bonchev–Trinajstić information content (AvgIpc) is 3.35. The van der Waals surface area contributed by atoms with Crippen LogP contribution in [0.25, 0.3) is 16.7 Å². The number of imidazole rings is 1. The van der Waals surface area contributed by atoms with Crippen LogP contribution in [0.3, 0.4) is 0 Å². The highest BCUT2D eigenvalue weighted by Gasteiger charge is 2.15. The van der Waals surface area contributed by atoms with Crippen molar-refractivity contribution in [2.75, 3.05) is 16.8 Å². The number of nitrogens with one attached hydrogen (secondary N) is 1. The third kappa shape index (κ3) is 8.44. The number of aryl methyl sites for hydroxylation is 1. The molecule has 7 nitrogen and oxygen atoms in total. The molecule has 0 bridgehead atoms. The summed E-state index contributed by atoms with van der Waals surface area (Å²) in [7, 11) is 2.04. The molecule has 4 aromatic rings. The highest BCUT2D eigenvalue weighted by atomic mass is 15.2. The summed E-state index contributed by atoms with van der Waals surface area (Å²) in [5.74, 6) is 2.30. The van der Waals surface area contributed by atoms with E-state index < -0.39 is 0 Å². The molecule has 0 radical (unpaired) electrons. The number of rotatable bonds is 17. The first kappa shape index (κ1) is 31.3. The summed E-state index contributed by atoms with van der Waals surface area (Å²) in [6, 6.07) is 20.2. The molecule has 0 unspecified atom stereocenters. The highest BCUT2D eigenvalue weighted by Crippen LogP contribution is 2.27. The van der Waals surface area contributed by atoms with Gasteiger partial charge in [-0.2, -0.15) is 0 Å². The van der Waals surface area contributed by atoms with E-state index in [9.17, 15) is 0 Å². The van der Waals surface area contributed by atoms with Crippen molar-refractivity contribution in [2.45, 2.75) is 58.4 Å². The smallest absolute Gasteiger partial charge is 0.132 e.